The molecule has 2 aromatic carbocycles. The lowest BCUT2D eigenvalue weighted by Crippen LogP contribution is -2.16. The number of amides is 1. The van der Waals surface area contributed by atoms with Gasteiger partial charge in [-0.2, -0.15) is 0 Å². The Labute approximate surface area is 185 Å². The quantitative estimate of drug-likeness (QED) is 0.418. The Bertz CT molecular complexity index is 1170. The van der Waals surface area contributed by atoms with Crippen LogP contribution in [0.3, 0.4) is 0 Å². The van der Waals surface area contributed by atoms with E-state index in [1.165, 1.54) is 11.8 Å². The average molecular weight is 434 g/mol. The summed E-state index contributed by atoms with van der Waals surface area (Å²) in [6.45, 7) is 2.07. The minimum absolute atomic E-state index is 0.0871. The topological polar surface area (TPSA) is 74.0 Å². The molecule has 0 aliphatic rings. The van der Waals surface area contributed by atoms with Crippen molar-refractivity contribution in [3.63, 3.8) is 0 Å². The summed E-state index contributed by atoms with van der Waals surface area (Å²) in [6.07, 6.45) is 4.68. The van der Waals surface area contributed by atoms with Crippen LogP contribution in [0.5, 0.6) is 5.75 Å². The number of carbonyl (C=O) groups is 1. The fourth-order valence-electron chi connectivity index (χ4n) is 3.23. The molecule has 0 radical (unpaired) electrons. The van der Waals surface area contributed by atoms with Crippen molar-refractivity contribution in [1.29, 1.82) is 0 Å². The first-order valence-electron chi connectivity index (χ1n) is 9.93. The summed E-state index contributed by atoms with van der Waals surface area (Å²) in [4.78, 5) is 12.6. The molecule has 0 bridgehead atoms. The van der Waals surface area contributed by atoms with E-state index in [9.17, 15) is 4.79 Å². The van der Waals surface area contributed by atoms with E-state index in [0.29, 0.717) is 11.0 Å². The molecule has 1 amide bonds. The van der Waals surface area contributed by atoms with Gasteiger partial charge in [-0.1, -0.05) is 49.0 Å². The first-order valence-corrected chi connectivity index (χ1v) is 10.9. The molecule has 4 aromatic rings. The SMILES string of the molecule is CCc1ccccc1NC(=O)CSc1nnc(-c2cccc(OC)c2)n1-n1cccc1. The highest BCUT2D eigenvalue weighted by molar-refractivity contribution is 7.99. The van der Waals surface area contributed by atoms with Gasteiger partial charge >= 0.3 is 0 Å². The Balaban J connectivity index is 1.57. The van der Waals surface area contributed by atoms with Crippen LogP contribution in [-0.4, -0.2) is 38.3 Å². The molecule has 0 atom stereocenters. The van der Waals surface area contributed by atoms with Crippen molar-refractivity contribution in [2.45, 2.75) is 18.5 Å². The molecular formula is C23H23N5O2S. The third-order valence-corrected chi connectivity index (χ3v) is 5.68. The van der Waals surface area contributed by atoms with Gasteiger partial charge in [-0.15, -0.1) is 10.2 Å². The van der Waals surface area contributed by atoms with Crippen molar-refractivity contribution < 1.29 is 9.53 Å². The summed E-state index contributed by atoms with van der Waals surface area (Å²) in [5, 5.41) is 12.4. The molecule has 8 heteroatoms. The number of thioether (sulfide) groups is 1. The van der Waals surface area contributed by atoms with Crippen LogP contribution >= 0.6 is 11.8 Å². The highest BCUT2D eigenvalue weighted by Gasteiger charge is 2.17. The Hall–Kier alpha value is -3.52. The van der Waals surface area contributed by atoms with Gasteiger partial charge in [-0.25, -0.2) is 4.68 Å². The van der Waals surface area contributed by atoms with E-state index in [2.05, 4.69) is 22.4 Å². The molecule has 4 rings (SSSR count). The molecule has 0 saturated carbocycles. The molecule has 0 unspecified atom stereocenters. The molecular weight excluding hydrogens is 410 g/mol. The molecule has 2 aromatic heterocycles. The van der Waals surface area contributed by atoms with Crippen LogP contribution < -0.4 is 10.1 Å². The zero-order chi connectivity index (χ0) is 21.6. The van der Waals surface area contributed by atoms with E-state index in [1.54, 1.807) is 7.11 Å². The first kappa shape index (κ1) is 20.7. The molecule has 2 heterocycles. The van der Waals surface area contributed by atoms with E-state index in [-0.39, 0.29) is 11.7 Å². The number of aryl methyl sites for hydroxylation is 1. The molecule has 0 saturated heterocycles. The third kappa shape index (κ3) is 4.64. The number of nitrogens with one attached hydrogen (secondary N) is 1. The number of para-hydroxylation sites is 1. The largest absolute Gasteiger partial charge is 0.497 e. The molecule has 0 spiro atoms. The number of benzene rings is 2. The number of carbonyl (C=O) groups excluding carboxylic acids is 1. The summed E-state index contributed by atoms with van der Waals surface area (Å²) in [5.74, 6) is 1.53. The van der Waals surface area contributed by atoms with Gasteiger partial charge in [0.2, 0.25) is 11.1 Å². The van der Waals surface area contributed by atoms with Crippen molar-refractivity contribution >= 4 is 23.4 Å². The Morgan fingerprint density at radius 3 is 2.65 bits per heavy atom. The molecule has 0 fully saturated rings. The number of rotatable bonds is 8. The maximum Gasteiger partial charge on any atom is 0.234 e. The van der Waals surface area contributed by atoms with Crippen molar-refractivity contribution in [1.82, 2.24) is 19.5 Å². The van der Waals surface area contributed by atoms with E-state index < -0.39 is 0 Å². The minimum Gasteiger partial charge on any atom is -0.497 e. The lowest BCUT2D eigenvalue weighted by atomic mass is 10.1. The summed E-state index contributed by atoms with van der Waals surface area (Å²) in [5.41, 5.74) is 2.82. The van der Waals surface area contributed by atoms with Crippen molar-refractivity contribution in [2.24, 2.45) is 0 Å². The minimum atomic E-state index is -0.0871. The molecule has 31 heavy (non-hydrogen) atoms. The van der Waals surface area contributed by atoms with Gasteiger partial charge in [0, 0.05) is 23.6 Å². The van der Waals surface area contributed by atoms with Crippen molar-refractivity contribution in [2.75, 3.05) is 18.2 Å². The normalized spacial score (nSPS) is 10.8. The van der Waals surface area contributed by atoms with Gasteiger partial charge in [0.25, 0.3) is 0 Å². The van der Waals surface area contributed by atoms with Crippen LogP contribution in [-0.2, 0) is 11.2 Å². The number of nitrogens with zero attached hydrogens (tertiary/aromatic N) is 4. The maximum atomic E-state index is 12.6. The molecule has 1 N–H and O–H groups in total. The summed E-state index contributed by atoms with van der Waals surface area (Å²) >= 11 is 1.34. The van der Waals surface area contributed by atoms with E-state index >= 15 is 0 Å². The van der Waals surface area contributed by atoms with E-state index in [1.807, 2.05) is 82.4 Å². The number of anilines is 1. The van der Waals surface area contributed by atoms with Gasteiger partial charge in [0.1, 0.15) is 5.75 Å². The lowest BCUT2D eigenvalue weighted by molar-refractivity contribution is -0.113. The predicted octanol–water partition coefficient (Wildman–Crippen LogP) is 4.36. The molecule has 0 aliphatic heterocycles. The number of methoxy groups -OCH3 is 1. The predicted molar refractivity (Wildman–Crippen MR) is 122 cm³/mol. The molecule has 7 nitrogen and oxygen atoms in total. The number of aromatic nitrogens is 4. The third-order valence-electron chi connectivity index (χ3n) is 4.76. The standard InChI is InChI=1S/C23H23N5O2S/c1-3-17-9-4-5-12-20(17)24-21(29)16-31-23-26-25-22(28(23)27-13-6-7-14-27)18-10-8-11-19(15-18)30-2/h4-15H,3,16H2,1-2H3,(H,24,29). The highest BCUT2D eigenvalue weighted by atomic mass is 32.2. The number of hydrogen-bond acceptors (Lipinski definition) is 5. The Morgan fingerprint density at radius 2 is 1.87 bits per heavy atom. The second-order valence-electron chi connectivity index (χ2n) is 6.76. The fourth-order valence-corrected chi connectivity index (χ4v) is 3.97. The van der Waals surface area contributed by atoms with Crippen molar-refractivity contribution in [3.05, 3.63) is 78.6 Å². The Morgan fingerprint density at radius 1 is 1.06 bits per heavy atom. The van der Waals surface area contributed by atoms with Crippen LogP contribution in [0.25, 0.3) is 11.4 Å². The van der Waals surface area contributed by atoms with Gasteiger partial charge in [-0.05, 0) is 42.3 Å². The van der Waals surface area contributed by atoms with Crippen LogP contribution in [0.1, 0.15) is 12.5 Å². The highest BCUT2D eigenvalue weighted by Crippen LogP contribution is 2.27. The second-order valence-corrected chi connectivity index (χ2v) is 7.70. The van der Waals surface area contributed by atoms with Gasteiger partial charge in [0.15, 0.2) is 5.82 Å². The van der Waals surface area contributed by atoms with Gasteiger partial charge in [0.05, 0.1) is 12.9 Å². The number of ether oxygens (including phenoxy) is 1. The zero-order valence-electron chi connectivity index (χ0n) is 17.4. The van der Waals surface area contributed by atoms with E-state index in [4.69, 9.17) is 4.74 Å². The fraction of sp³-hybridized carbons (Fsp3) is 0.174. The molecule has 0 aliphatic carbocycles. The van der Waals surface area contributed by atoms with E-state index in [0.717, 1.165) is 29.0 Å². The van der Waals surface area contributed by atoms with Crippen LogP contribution in [0.2, 0.25) is 0 Å². The summed E-state index contributed by atoms with van der Waals surface area (Å²) in [6, 6.07) is 19.4. The van der Waals surface area contributed by atoms with Crippen LogP contribution in [0, 0.1) is 0 Å². The monoisotopic (exact) mass is 433 g/mol. The lowest BCUT2D eigenvalue weighted by Gasteiger charge is -2.12. The molecule has 158 valence electrons. The second kappa shape index (κ2) is 9.53. The van der Waals surface area contributed by atoms with Crippen LogP contribution in [0.15, 0.2) is 78.2 Å². The summed E-state index contributed by atoms with van der Waals surface area (Å²) in [7, 11) is 1.63. The number of hydrogen-bond donors (Lipinski definition) is 1. The smallest absolute Gasteiger partial charge is 0.234 e. The van der Waals surface area contributed by atoms with Crippen molar-refractivity contribution in [3.8, 4) is 17.1 Å². The van der Waals surface area contributed by atoms with Gasteiger partial charge < -0.3 is 10.1 Å². The average Bonchev–Trinajstić information content (AvgIpc) is 3.47. The van der Waals surface area contributed by atoms with Gasteiger partial charge in [-0.3, -0.25) is 9.47 Å². The van der Waals surface area contributed by atoms with Crippen LogP contribution in [0.4, 0.5) is 5.69 Å². The zero-order valence-corrected chi connectivity index (χ0v) is 18.2. The Kier molecular flexibility index (Phi) is 6.37. The maximum absolute atomic E-state index is 12.6. The summed E-state index contributed by atoms with van der Waals surface area (Å²) < 4.78 is 9.12. The first-order chi connectivity index (χ1) is 15.2.